The molecule has 3 heterocycles. The largest absolute Gasteiger partial charge is 0.416 e. The molecule has 7 nitrogen and oxygen atoms in total. The van der Waals surface area contributed by atoms with Crippen LogP contribution in [0.4, 0.5) is 18.9 Å². The molecule has 0 unspecified atom stereocenters. The van der Waals surface area contributed by atoms with E-state index in [9.17, 15) is 22.8 Å². The molecule has 2 aromatic heterocycles. The highest BCUT2D eigenvalue weighted by Gasteiger charge is 2.30. The van der Waals surface area contributed by atoms with Gasteiger partial charge in [-0.1, -0.05) is 30.3 Å². The monoisotopic (exact) mass is 533 g/mol. The van der Waals surface area contributed by atoms with Crippen molar-refractivity contribution in [2.24, 2.45) is 0 Å². The zero-order valence-corrected chi connectivity index (χ0v) is 20.9. The van der Waals surface area contributed by atoms with Crippen molar-refractivity contribution >= 4 is 17.5 Å². The van der Waals surface area contributed by atoms with Crippen molar-refractivity contribution in [3.8, 4) is 5.69 Å². The van der Waals surface area contributed by atoms with E-state index in [0.29, 0.717) is 30.0 Å². The number of rotatable bonds is 6. The van der Waals surface area contributed by atoms with E-state index >= 15 is 0 Å². The first-order valence-corrected chi connectivity index (χ1v) is 12.6. The number of piperidine rings is 1. The Labute approximate surface area is 223 Å². The van der Waals surface area contributed by atoms with Gasteiger partial charge < -0.3 is 14.8 Å². The molecule has 0 atom stereocenters. The summed E-state index contributed by atoms with van der Waals surface area (Å²) >= 11 is 0. The van der Waals surface area contributed by atoms with E-state index in [2.05, 4.69) is 15.3 Å². The fourth-order valence-corrected chi connectivity index (χ4v) is 4.77. The van der Waals surface area contributed by atoms with Gasteiger partial charge in [-0.3, -0.25) is 14.6 Å². The van der Waals surface area contributed by atoms with Gasteiger partial charge in [0.1, 0.15) is 5.69 Å². The predicted octanol–water partition coefficient (Wildman–Crippen LogP) is 5.49. The van der Waals surface area contributed by atoms with Crippen LogP contribution >= 0.6 is 0 Å². The molecular formula is C29H26F3N5O2. The summed E-state index contributed by atoms with van der Waals surface area (Å²) in [5, 5.41) is 2.75. The number of alkyl halides is 3. The third-order valence-electron chi connectivity index (χ3n) is 6.83. The highest BCUT2D eigenvalue weighted by molar-refractivity contribution is 5.93. The van der Waals surface area contributed by atoms with Crippen molar-refractivity contribution in [3.05, 3.63) is 108 Å². The summed E-state index contributed by atoms with van der Waals surface area (Å²) in [6, 6.07) is 15.8. The molecule has 0 saturated carbocycles. The van der Waals surface area contributed by atoms with Gasteiger partial charge in [0.05, 0.1) is 24.0 Å². The second-order valence-electron chi connectivity index (χ2n) is 9.48. The number of aromatic nitrogens is 3. The number of carbonyl (C=O) groups is 2. The number of hydrogen-bond donors (Lipinski definition) is 1. The average Bonchev–Trinajstić information content (AvgIpc) is 3.48. The van der Waals surface area contributed by atoms with E-state index in [4.69, 9.17) is 0 Å². The summed E-state index contributed by atoms with van der Waals surface area (Å²) in [5.74, 6) is -0.219. The first kappa shape index (κ1) is 26.1. The number of pyridine rings is 1. The molecule has 5 rings (SSSR count). The third kappa shape index (κ3) is 6.34. The Bertz CT molecular complexity index is 1440. The molecule has 1 saturated heterocycles. The SMILES string of the molecule is O=C(Cc1cccc(C(F)(F)F)c1)Nc1ccc(C2CCN(C(=O)c3cc(-n4ccnc4)ccn3)CC2)cc1. The van der Waals surface area contributed by atoms with E-state index in [-0.39, 0.29) is 24.2 Å². The fraction of sp³-hybridized carbons (Fsp3) is 0.241. The molecule has 2 amide bonds. The molecule has 10 heteroatoms. The summed E-state index contributed by atoms with van der Waals surface area (Å²) in [6.07, 6.45) is 3.77. The van der Waals surface area contributed by atoms with Gasteiger partial charge in [0.25, 0.3) is 5.91 Å². The van der Waals surface area contributed by atoms with Crippen LogP contribution in [0, 0.1) is 0 Å². The number of likely N-dealkylation sites (tertiary alicyclic amines) is 1. The normalized spacial score (nSPS) is 14.3. The number of nitrogens with zero attached hydrogens (tertiary/aromatic N) is 4. The van der Waals surface area contributed by atoms with Crippen molar-refractivity contribution in [3.63, 3.8) is 0 Å². The van der Waals surface area contributed by atoms with E-state index in [0.717, 1.165) is 36.2 Å². The summed E-state index contributed by atoms with van der Waals surface area (Å²) in [5.41, 5.74) is 2.42. The lowest BCUT2D eigenvalue weighted by atomic mass is 9.89. The maximum absolute atomic E-state index is 13.1. The molecule has 1 fully saturated rings. The third-order valence-corrected chi connectivity index (χ3v) is 6.83. The lowest BCUT2D eigenvalue weighted by Gasteiger charge is -2.32. The molecule has 1 N–H and O–H groups in total. The topological polar surface area (TPSA) is 80.1 Å². The van der Waals surface area contributed by atoms with E-state index in [1.807, 2.05) is 33.9 Å². The Morgan fingerprint density at radius 1 is 0.974 bits per heavy atom. The molecular weight excluding hydrogens is 507 g/mol. The summed E-state index contributed by atoms with van der Waals surface area (Å²) in [6.45, 7) is 1.21. The first-order chi connectivity index (χ1) is 18.8. The summed E-state index contributed by atoms with van der Waals surface area (Å²) < 4.78 is 40.6. The number of benzene rings is 2. The van der Waals surface area contributed by atoms with Crippen LogP contribution in [0.3, 0.4) is 0 Å². The number of nitrogens with one attached hydrogen (secondary N) is 1. The average molecular weight is 534 g/mol. The highest BCUT2D eigenvalue weighted by atomic mass is 19.4. The molecule has 4 aromatic rings. The Morgan fingerprint density at radius 3 is 2.44 bits per heavy atom. The minimum Gasteiger partial charge on any atom is -0.337 e. The zero-order chi connectivity index (χ0) is 27.4. The molecule has 2 aromatic carbocycles. The molecule has 0 radical (unpaired) electrons. The number of halogens is 3. The van der Waals surface area contributed by atoms with E-state index in [1.54, 1.807) is 36.9 Å². The number of carbonyl (C=O) groups excluding carboxylic acids is 2. The summed E-state index contributed by atoms with van der Waals surface area (Å²) in [7, 11) is 0. The summed E-state index contributed by atoms with van der Waals surface area (Å²) in [4.78, 5) is 35.6. The second kappa shape index (κ2) is 11.1. The van der Waals surface area contributed by atoms with Gasteiger partial charge >= 0.3 is 6.18 Å². The smallest absolute Gasteiger partial charge is 0.337 e. The van der Waals surface area contributed by atoms with Crippen LogP contribution in [-0.4, -0.2) is 44.3 Å². The van der Waals surface area contributed by atoms with Gasteiger partial charge in [-0.25, -0.2) is 4.98 Å². The minimum absolute atomic E-state index is 0.103. The van der Waals surface area contributed by atoms with Gasteiger partial charge in [0.15, 0.2) is 0 Å². The van der Waals surface area contributed by atoms with Crippen LogP contribution in [0.1, 0.15) is 45.9 Å². The highest BCUT2D eigenvalue weighted by Crippen LogP contribution is 2.31. The number of anilines is 1. The van der Waals surface area contributed by atoms with Gasteiger partial charge in [0.2, 0.25) is 5.91 Å². The van der Waals surface area contributed by atoms with Gasteiger partial charge in [-0.15, -0.1) is 0 Å². The fourth-order valence-electron chi connectivity index (χ4n) is 4.77. The first-order valence-electron chi connectivity index (χ1n) is 12.6. The van der Waals surface area contributed by atoms with Crippen LogP contribution in [-0.2, 0) is 17.4 Å². The van der Waals surface area contributed by atoms with Crippen LogP contribution in [0.5, 0.6) is 0 Å². The quantitative estimate of drug-likeness (QED) is 0.356. The van der Waals surface area contributed by atoms with E-state index in [1.165, 1.54) is 12.1 Å². The molecule has 0 aliphatic carbocycles. The lowest BCUT2D eigenvalue weighted by Crippen LogP contribution is -2.38. The van der Waals surface area contributed by atoms with Gasteiger partial charge in [-0.2, -0.15) is 13.2 Å². The van der Waals surface area contributed by atoms with Crippen LogP contribution in [0.15, 0.2) is 85.6 Å². The maximum atomic E-state index is 13.1. The maximum Gasteiger partial charge on any atom is 0.416 e. The van der Waals surface area contributed by atoms with Crippen molar-refractivity contribution in [2.45, 2.75) is 31.4 Å². The zero-order valence-electron chi connectivity index (χ0n) is 20.9. The van der Waals surface area contributed by atoms with Crippen molar-refractivity contribution in [1.29, 1.82) is 0 Å². The molecule has 39 heavy (non-hydrogen) atoms. The Kier molecular flexibility index (Phi) is 7.44. The predicted molar refractivity (Wildman–Crippen MR) is 139 cm³/mol. The van der Waals surface area contributed by atoms with Crippen LogP contribution in [0.25, 0.3) is 5.69 Å². The second-order valence-corrected chi connectivity index (χ2v) is 9.48. The minimum atomic E-state index is -4.45. The van der Waals surface area contributed by atoms with Crippen molar-refractivity contribution in [2.75, 3.05) is 18.4 Å². The van der Waals surface area contributed by atoms with Crippen molar-refractivity contribution in [1.82, 2.24) is 19.4 Å². The molecule has 200 valence electrons. The number of amides is 2. The van der Waals surface area contributed by atoms with Crippen LogP contribution in [0.2, 0.25) is 0 Å². The number of imidazole rings is 1. The number of hydrogen-bond acceptors (Lipinski definition) is 4. The Balaban J connectivity index is 1.14. The van der Waals surface area contributed by atoms with Gasteiger partial charge in [-0.05, 0) is 60.2 Å². The lowest BCUT2D eigenvalue weighted by molar-refractivity contribution is -0.137. The van der Waals surface area contributed by atoms with Gasteiger partial charge in [0, 0.05) is 37.4 Å². The van der Waals surface area contributed by atoms with Crippen molar-refractivity contribution < 1.29 is 22.8 Å². The molecule has 0 bridgehead atoms. The molecule has 1 aliphatic rings. The molecule has 0 spiro atoms. The molecule has 1 aliphatic heterocycles. The van der Waals surface area contributed by atoms with E-state index < -0.39 is 11.7 Å². The Morgan fingerprint density at radius 2 is 1.74 bits per heavy atom. The van der Waals surface area contributed by atoms with Crippen LogP contribution < -0.4 is 5.32 Å². The standard InChI is InChI=1S/C29H26F3N5O2/c30-29(31,32)23-3-1-2-20(16-23)17-27(38)35-24-6-4-21(5-7-24)22-9-13-36(14-10-22)28(39)26-18-25(8-11-34-26)37-15-12-33-19-37/h1-8,11-12,15-16,18-19,22H,9-10,13-14,17H2,(H,35,38). The Hall–Kier alpha value is -4.47.